The fourth-order valence-electron chi connectivity index (χ4n) is 3.36. The zero-order chi connectivity index (χ0) is 26.0. The Morgan fingerprint density at radius 3 is 2.64 bits per heavy atom. The quantitative estimate of drug-likeness (QED) is 0.384. The lowest BCUT2D eigenvalue weighted by molar-refractivity contribution is 0.0587. The lowest BCUT2D eigenvalue weighted by atomic mass is 9.97. The Hall–Kier alpha value is -4.19. The van der Waals surface area contributed by atoms with Gasteiger partial charge >= 0.3 is 6.09 Å². The number of hydrogen-bond acceptors (Lipinski definition) is 9. The second-order valence-electron chi connectivity index (χ2n) is 9.41. The molecule has 0 saturated heterocycles. The van der Waals surface area contributed by atoms with Crippen molar-refractivity contribution in [2.45, 2.75) is 51.7 Å². The van der Waals surface area contributed by atoms with Gasteiger partial charge in [0.25, 0.3) is 5.91 Å². The third-order valence-electron chi connectivity index (χ3n) is 5.43. The summed E-state index contributed by atoms with van der Waals surface area (Å²) in [6.07, 6.45) is 5.44. The molecule has 0 aliphatic heterocycles. The number of aromatic nitrogens is 4. The smallest absolute Gasteiger partial charge is 0.415 e. The first-order valence-electron chi connectivity index (χ1n) is 11.5. The van der Waals surface area contributed by atoms with Crippen LogP contribution in [-0.4, -0.2) is 55.4 Å². The molecule has 1 saturated carbocycles. The van der Waals surface area contributed by atoms with Gasteiger partial charge in [0.2, 0.25) is 0 Å². The summed E-state index contributed by atoms with van der Waals surface area (Å²) in [4.78, 5) is 34.5. The van der Waals surface area contributed by atoms with Crippen LogP contribution >= 0.6 is 0 Å². The van der Waals surface area contributed by atoms with Crippen molar-refractivity contribution in [3.63, 3.8) is 0 Å². The molecule has 1 aromatic carbocycles. The van der Waals surface area contributed by atoms with E-state index in [4.69, 9.17) is 20.0 Å². The molecule has 4 N–H and O–H groups in total. The third-order valence-corrected chi connectivity index (χ3v) is 5.43. The Morgan fingerprint density at radius 2 is 2.03 bits per heavy atom. The maximum Gasteiger partial charge on any atom is 0.415 e. The molecule has 5 rings (SSSR count). The van der Waals surface area contributed by atoms with Crippen LogP contribution in [0, 0.1) is 0 Å². The van der Waals surface area contributed by atoms with Crippen LogP contribution in [0.5, 0.6) is 0 Å². The number of nitrogens with one attached hydrogen (secondary N) is 1. The highest BCUT2D eigenvalue weighted by atomic mass is 16.6. The molecular weight excluding hydrogens is 466 g/mol. The number of ether oxygens (including phenoxy) is 1. The monoisotopic (exact) mass is 495 g/mol. The summed E-state index contributed by atoms with van der Waals surface area (Å²) in [6, 6.07) is 7.00. The molecule has 0 spiro atoms. The van der Waals surface area contributed by atoms with Gasteiger partial charge in [-0.3, -0.25) is 9.69 Å². The van der Waals surface area contributed by atoms with Gasteiger partial charge in [-0.05, 0) is 52.2 Å². The number of oxazole rings is 1. The van der Waals surface area contributed by atoms with E-state index < -0.39 is 17.6 Å². The molecule has 0 atom stereocenters. The normalized spacial score (nSPS) is 13.6. The summed E-state index contributed by atoms with van der Waals surface area (Å²) < 4.78 is 12.1. The molecule has 12 nitrogen and oxygen atoms in total. The van der Waals surface area contributed by atoms with Crippen LogP contribution in [-0.2, 0) is 4.74 Å². The van der Waals surface area contributed by atoms with Crippen molar-refractivity contribution in [1.29, 1.82) is 0 Å². The highest BCUT2D eigenvalue weighted by Crippen LogP contribution is 2.28. The number of fused-ring (bicyclic) bond motifs is 2. The number of primary amides is 1. The van der Waals surface area contributed by atoms with E-state index in [0.717, 1.165) is 12.8 Å². The van der Waals surface area contributed by atoms with Crippen LogP contribution < -0.4 is 16.0 Å². The van der Waals surface area contributed by atoms with Gasteiger partial charge in [-0.25, -0.2) is 14.8 Å². The number of nitrogens with two attached hydrogens (primary N) is 1. The molecule has 1 fully saturated rings. The van der Waals surface area contributed by atoms with Gasteiger partial charge < -0.3 is 25.3 Å². The van der Waals surface area contributed by atoms with E-state index in [1.54, 1.807) is 45.0 Å². The number of nitrogens with zero attached hydrogens (tertiary/aromatic N) is 5. The average molecular weight is 496 g/mol. The van der Waals surface area contributed by atoms with Crippen molar-refractivity contribution in [2.75, 3.05) is 17.3 Å². The number of carbonyl (C=O) groups is 2. The third kappa shape index (κ3) is 5.38. The highest BCUT2D eigenvalue weighted by molar-refractivity contribution is 5.99. The maximum atomic E-state index is 12.7. The van der Waals surface area contributed by atoms with Crippen LogP contribution in [0.4, 0.5) is 22.1 Å². The minimum absolute atomic E-state index is 0.0648. The lowest BCUT2D eigenvalue weighted by Crippen LogP contribution is -2.35. The van der Waals surface area contributed by atoms with Gasteiger partial charge in [-0.2, -0.15) is 9.61 Å². The number of hydrogen-bond donors (Lipinski definition) is 3. The minimum Gasteiger partial charge on any atom is -0.443 e. The summed E-state index contributed by atoms with van der Waals surface area (Å²) in [5.74, 6) is -0.0258. The zero-order valence-corrected chi connectivity index (χ0v) is 20.6. The molecule has 190 valence electrons. The summed E-state index contributed by atoms with van der Waals surface area (Å²) in [5, 5.41) is 15.8. The molecular formula is C24H29N7O5. The molecule has 1 aliphatic carbocycles. The molecule has 4 aromatic rings. The van der Waals surface area contributed by atoms with Crippen LogP contribution in [0.1, 0.15) is 50.4 Å². The number of amides is 2. The molecule has 0 radical (unpaired) electrons. The SMILES string of the molecule is CN(C(=O)OC(C)(C)C)c1cc(Nc2cccc3ocnc23)nc2c(C(N)=O)cnn12.OC1CCC1. The first kappa shape index (κ1) is 24.9. The number of anilines is 3. The zero-order valence-electron chi connectivity index (χ0n) is 20.6. The topological polar surface area (TPSA) is 161 Å². The van der Waals surface area contributed by atoms with Crippen molar-refractivity contribution >= 4 is 46.1 Å². The van der Waals surface area contributed by atoms with Crippen LogP contribution in [0.25, 0.3) is 16.7 Å². The van der Waals surface area contributed by atoms with Gasteiger partial charge in [0.15, 0.2) is 17.6 Å². The number of benzene rings is 1. The van der Waals surface area contributed by atoms with E-state index in [9.17, 15) is 9.59 Å². The van der Waals surface area contributed by atoms with Crippen molar-refractivity contribution in [2.24, 2.45) is 5.73 Å². The van der Waals surface area contributed by atoms with Crippen molar-refractivity contribution < 1.29 is 23.8 Å². The maximum absolute atomic E-state index is 12.7. The number of rotatable bonds is 4. The number of carbonyl (C=O) groups excluding carboxylic acids is 2. The number of para-hydroxylation sites is 1. The standard InChI is InChI=1S/C20H21N7O4.C4H8O/c1-20(2,3)31-19(29)26(4)15-8-14(25-18-11(17(21)28)9-23-27(15)18)24-12-6-5-7-13-16(12)22-10-30-13;5-4-2-1-3-4/h5-10H,1-4H3,(H2,21,28)(H,24,25);4-5H,1-3H2. The first-order chi connectivity index (χ1) is 17.0. The Kier molecular flexibility index (Phi) is 6.80. The lowest BCUT2D eigenvalue weighted by Gasteiger charge is -2.25. The Morgan fingerprint density at radius 1 is 1.31 bits per heavy atom. The molecule has 2 amide bonds. The summed E-state index contributed by atoms with van der Waals surface area (Å²) in [6.45, 7) is 5.31. The molecule has 3 aromatic heterocycles. The van der Waals surface area contributed by atoms with E-state index in [0.29, 0.717) is 28.4 Å². The summed E-state index contributed by atoms with van der Waals surface area (Å²) in [7, 11) is 1.54. The van der Waals surface area contributed by atoms with E-state index in [2.05, 4.69) is 20.4 Å². The largest absolute Gasteiger partial charge is 0.443 e. The van der Waals surface area contributed by atoms with Crippen molar-refractivity contribution in [1.82, 2.24) is 19.6 Å². The van der Waals surface area contributed by atoms with Gasteiger partial charge in [0, 0.05) is 13.1 Å². The average Bonchev–Trinajstić information content (AvgIpc) is 3.43. The highest BCUT2D eigenvalue weighted by Gasteiger charge is 2.25. The second-order valence-corrected chi connectivity index (χ2v) is 9.41. The predicted octanol–water partition coefficient (Wildman–Crippen LogP) is 3.62. The van der Waals surface area contributed by atoms with Gasteiger partial charge in [0.05, 0.1) is 18.0 Å². The fourth-order valence-corrected chi connectivity index (χ4v) is 3.36. The van der Waals surface area contributed by atoms with E-state index in [-0.39, 0.29) is 17.3 Å². The molecule has 0 unspecified atom stereocenters. The van der Waals surface area contributed by atoms with Crippen molar-refractivity contribution in [3.8, 4) is 0 Å². The molecule has 12 heteroatoms. The predicted molar refractivity (Wildman–Crippen MR) is 133 cm³/mol. The first-order valence-corrected chi connectivity index (χ1v) is 11.5. The summed E-state index contributed by atoms with van der Waals surface area (Å²) in [5.41, 5.74) is 6.93. The fraction of sp³-hybridized carbons (Fsp3) is 0.375. The van der Waals surface area contributed by atoms with Crippen LogP contribution in [0.15, 0.2) is 41.3 Å². The second kappa shape index (κ2) is 9.82. The van der Waals surface area contributed by atoms with Crippen LogP contribution in [0.3, 0.4) is 0 Å². The van der Waals surface area contributed by atoms with E-state index in [1.165, 1.54) is 35.5 Å². The van der Waals surface area contributed by atoms with Crippen molar-refractivity contribution in [3.05, 3.63) is 42.4 Å². The molecule has 0 bridgehead atoms. The molecule has 1 aliphatic rings. The van der Waals surface area contributed by atoms with E-state index in [1.807, 2.05) is 0 Å². The van der Waals surface area contributed by atoms with Crippen LogP contribution in [0.2, 0.25) is 0 Å². The number of aliphatic hydroxyl groups is 1. The minimum atomic E-state index is -0.691. The Labute approximate surface area is 207 Å². The number of aliphatic hydroxyl groups excluding tert-OH is 1. The Balaban J connectivity index is 0.000000543. The summed E-state index contributed by atoms with van der Waals surface area (Å²) >= 11 is 0. The van der Waals surface area contributed by atoms with Gasteiger partial charge in [-0.15, -0.1) is 0 Å². The molecule has 36 heavy (non-hydrogen) atoms. The van der Waals surface area contributed by atoms with Gasteiger partial charge in [-0.1, -0.05) is 6.07 Å². The van der Waals surface area contributed by atoms with Gasteiger partial charge in [0.1, 0.15) is 28.3 Å². The Bertz CT molecular complexity index is 1400. The van der Waals surface area contributed by atoms with E-state index >= 15 is 0 Å². The molecule has 3 heterocycles.